The quantitative estimate of drug-likeness (QED) is 0.472. The fourth-order valence-electron chi connectivity index (χ4n) is 2.78. The third kappa shape index (κ3) is 5.09. The Balaban J connectivity index is 1.36. The van der Waals surface area contributed by atoms with Crippen LogP contribution < -0.4 is 15.4 Å². The predicted molar refractivity (Wildman–Crippen MR) is 119 cm³/mol. The Morgan fingerprint density at radius 2 is 1.88 bits per heavy atom. The first kappa shape index (κ1) is 21.0. The third-order valence-electron chi connectivity index (χ3n) is 4.46. The van der Waals surface area contributed by atoms with E-state index < -0.39 is 6.03 Å². The van der Waals surface area contributed by atoms with E-state index in [4.69, 9.17) is 9.26 Å². The molecule has 0 unspecified atom stereocenters. The number of rotatable bonds is 5. The Kier molecular flexibility index (Phi) is 5.59. The molecule has 4 aromatic rings. The Hall–Kier alpha value is -4.21. The highest BCUT2D eigenvalue weighted by Gasteiger charge is 2.19. The Morgan fingerprint density at radius 1 is 1.09 bits per heavy atom. The van der Waals surface area contributed by atoms with E-state index in [0.717, 1.165) is 11.3 Å². The maximum Gasteiger partial charge on any atom is 0.326 e. The zero-order valence-electron chi connectivity index (χ0n) is 18.2. The van der Waals surface area contributed by atoms with Crippen LogP contribution in [0.1, 0.15) is 26.5 Å². The monoisotopic (exact) mass is 433 g/mol. The third-order valence-corrected chi connectivity index (χ3v) is 4.46. The van der Waals surface area contributed by atoms with Crippen LogP contribution in [-0.2, 0) is 12.5 Å². The molecule has 0 aliphatic carbocycles. The number of carbonyl (C=O) groups excluding carboxylic acids is 1. The SMILES string of the molecule is Cn1cc(-c2cncc(Oc3ccc(NC(=O)Nc4cc(C(C)(C)C)no4)cc3)n2)cn1. The number of amides is 2. The van der Waals surface area contributed by atoms with Gasteiger partial charge in [-0.3, -0.25) is 15.0 Å². The van der Waals surface area contributed by atoms with Crippen LogP contribution >= 0.6 is 0 Å². The molecule has 10 heteroatoms. The van der Waals surface area contributed by atoms with Crippen LogP contribution in [-0.4, -0.2) is 30.9 Å². The van der Waals surface area contributed by atoms with E-state index in [9.17, 15) is 4.79 Å². The molecule has 2 amide bonds. The van der Waals surface area contributed by atoms with Crippen molar-refractivity contribution in [2.75, 3.05) is 10.6 Å². The number of ether oxygens (including phenoxy) is 1. The molecule has 3 aromatic heterocycles. The number of aromatic nitrogens is 5. The average molecular weight is 433 g/mol. The minimum atomic E-state index is -0.440. The van der Waals surface area contributed by atoms with Crippen LogP contribution in [0.5, 0.6) is 11.6 Å². The molecule has 164 valence electrons. The van der Waals surface area contributed by atoms with Crippen molar-refractivity contribution in [2.24, 2.45) is 7.05 Å². The summed E-state index contributed by atoms with van der Waals surface area (Å²) < 4.78 is 12.6. The lowest BCUT2D eigenvalue weighted by Gasteiger charge is -2.12. The number of hydrogen-bond donors (Lipinski definition) is 2. The van der Waals surface area contributed by atoms with Gasteiger partial charge in [-0.15, -0.1) is 0 Å². The maximum atomic E-state index is 12.2. The topological polar surface area (TPSA) is 120 Å². The van der Waals surface area contributed by atoms with Crippen LogP contribution in [0.2, 0.25) is 0 Å². The molecule has 0 aliphatic rings. The first-order valence-corrected chi connectivity index (χ1v) is 9.90. The summed E-state index contributed by atoms with van der Waals surface area (Å²) >= 11 is 0. The maximum absolute atomic E-state index is 12.2. The largest absolute Gasteiger partial charge is 0.437 e. The van der Waals surface area contributed by atoms with Crippen molar-refractivity contribution in [3.05, 3.63) is 60.8 Å². The van der Waals surface area contributed by atoms with Crippen LogP contribution in [0, 0.1) is 0 Å². The molecule has 10 nitrogen and oxygen atoms in total. The van der Waals surface area contributed by atoms with Gasteiger partial charge in [0.2, 0.25) is 11.8 Å². The summed E-state index contributed by atoms with van der Waals surface area (Å²) in [5.41, 5.74) is 2.67. The van der Waals surface area contributed by atoms with Crippen molar-refractivity contribution in [1.29, 1.82) is 0 Å². The van der Waals surface area contributed by atoms with Gasteiger partial charge in [0.1, 0.15) is 5.75 Å². The molecule has 0 bridgehead atoms. The van der Waals surface area contributed by atoms with Gasteiger partial charge in [0.05, 0.1) is 30.0 Å². The van der Waals surface area contributed by atoms with Gasteiger partial charge >= 0.3 is 6.03 Å². The minimum absolute atomic E-state index is 0.169. The lowest BCUT2D eigenvalue weighted by molar-refractivity contribution is 0.261. The molecule has 0 aliphatic heterocycles. The molecule has 2 N–H and O–H groups in total. The Labute approximate surface area is 184 Å². The van der Waals surface area contributed by atoms with Gasteiger partial charge < -0.3 is 14.6 Å². The summed E-state index contributed by atoms with van der Waals surface area (Å²) in [7, 11) is 1.84. The van der Waals surface area contributed by atoms with E-state index in [0.29, 0.717) is 23.0 Å². The van der Waals surface area contributed by atoms with Gasteiger partial charge in [-0.05, 0) is 24.3 Å². The number of aryl methyl sites for hydroxylation is 1. The number of carbonyl (C=O) groups is 1. The fourth-order valence-corrected chi connectivity index (χ4v) is 2.78. The molecule has 4 rings (SSSR count). The molecule has 0 radical (unpaired) electrons. The second-order valence-corrected chi connectivity index (χ2v) is 8.18. The highest BCUT2D eigenvalue weighted by Crippen LogP contribution is 2.25. The van der Waals surface area contributed by atoms with Crippen LogP contribution in [0.15, 0.2) is 59.6 Å². The lowest BCUT2D eigenvalue weighted by Crippen LogP contribution is -2.19. The first-order chi connectivity index (χ1) is 15.3. The van der Waals surface area contributed by atoms with Gasteiger partial charge in [-0.2, -0.15) is 5.10 Å². The predicted octanol–water partition coefficient (Wildman–Crippen LogP) is 4.60. The van der Waals surface area contributed by atoms with Crippen LogP contribution in [0.25, 0.3) is 11.3 Å². The zero-order chi connectivity index (χ0) is 22.7. The number of urea groups is 1. The van der Waals surface area contributed by atoms with Gasteiger partial charge in [0, 0.05) is 36.0 Å². The zero-order valence-corrected chi connectivity index (χ0v) is 18.2. The molecule has 0 saturated carbocycles. The highest BCUT2D eigenvalue weighted by atomic mass is 16.5. The summed E-state index contributed by atoms with van der Waals surface area (Å²) in [5, 5.41) is 13.5. The molecule has 0 spiro atoms. The average Bonchev–Trinajstić information content (AvgIpc) is 3.39. The molecule has 0 saturated heterocycles. The van der Waals surface area contributed by atoms with Crippen LogP contribution in [0.3, 0.4) is 0 Å². The summed E-state index contributed by atoms with van der Waals surface area (Å²) in [6, 6.07) is 8.14. The van der Waals surface area contributed by atoms with E-state index >= 15 is 0 Å². The minimum Gasteiger partial charge on any atom is -0.437 e. The van der Waals surface area contributed by atoms with E-state index in [1.54, 1.807) is 47.4 Å². The molecule has 0 fully saturated rings. The summed E-state index contributed by atoms with van der Waals surface area (Å²) in [6.07, 6.45) is 6.74. The fraction of sp³-hybridized carbons (Fsp3) is 0.227. The smallest absolute Gasteiger partial charge is 0.326 e. The van der Waals surface area contributed by atoms with Crippen molar-refractivity contribution in [3.63, 3.8) is 0 Å². The second-order valence-electron chi connectivity index (χ2n) is 8.18. The van der Waals surface area contributed by atoms with Gasteiger partial charge in [0.25, 0.3) is 0 Å². The number of hydrogen-bond acceptors (Lipinski definition) is 7. The van der Waals surface area contributed by atoms with Crippen molar-refractivity contribution in [1.82, 2.24) is 24.9 Å². The molecular formula is C22H23N7O3. The Bertz CT molecular complexity index is 1220. The molecule has 3 heterocycles. The number of nitrogens with one attached hydrogen (secondary N) is 2. The molecular weight excluding hydrogens is 410 g/mol. The first-order valence-electron chi connectivity index (χ1n) is 9.90. The molecule has 0 atom stereocenters. The van der Waals surface area contributed by atoms with E-state index in [1.807, 2.05) is 34.0 Å². The standard InChI is InChI=1S/C22H23N7O3/c1-22(2,3)18-9-19(32-28-18)27-21(30)25-15-5-7-16(8-6-15)31-20-12-23-11-17(26-20)14-10-24-29(4)13-14/h5-13H,1-4H3,(H2,25,27,30). The van der Waals surface area contributed by atoms with Gasteiger partial charge in [-0.25, -0.2) is 9.78 Å². The highest BCUT2D eigenvalue weighted by molar-refractivity contribution is 5.98. The summed E-state index contributed by atoms with van der Waals surface area (Å²) in [5.74, 6) is 1.18. The van der Waals surface area contributed by atoms with E-state index in [2.05, 4.69) is 30.9 Å². The van der Waals surface area contributed by atoms with Crippen molar-refractivity contribution in [3.8, 4) is 22.9 Å². The Morgan fingerprint density at radius 3 is 2.53 bits per heavy atom. The van der Waals surface area contributed by atoms with E-state index in [-0.39, 0.29) is 11.3 Å². The van der Waals surface area contributed by atoms with Gasteiger partial charge in [-0.1, -0.05) is 25.9 Å². The second kappa shape index (κ2) is 8.50. The molecule has 1 aromatic carbocycles. The normalized spacial score (nSPS) is 11.2. The van der Waals surface area contributed by atoms with Crippen molar-refractivity contribution >= 4 is 17.6 Å². The van der Waals surface area contributed by atoms with E-state index in [1.165, 1.54) is 6.20 Å². The van der Waals surface area contributed by atoms with Gasteiger partial charge in [0.15, 0.2) is 0 Å². The summed E-state index contributed by atoms with van der Waals surface area (Å²) in [4.78, 5) is 20.9. The summed E-state index contributed by atoms with van der Waals surface area (Å²) in [6.45, 7) is 6.04. The number of anilines is 2. The lowest BCUT2D eigenvalue weighted by atomic mass is 9.92. The number of benzene rings is 1. The van der Waals surface area contributed by atoms with Crippen molar-refractivity contribution in [2.45, 2.75) is 26.2 Å². The molecule has 32 heavy (non-hydrogen) atoms. The number of nitrogens with zero attached hydrogens (tertiary/aromatic N) is 5. The van der Waals surface area contributed by atoms with Crippen LogP contribution in [0.4, 0.5) is 16.4 Å². The van der Waals surface area contributed by atoms with Crippen molar-refractivity contribution < 1.29 is 14.1 Å².